The third-order valence-electron chi connectivity index (χ3n) is 4.45. The molecule has 1 aliphatic carbocycles. The predicted molar refractivity (Wildman–Crippen MR) is 96.1 cm³/mol. The van der Waals surface area contributed by atoms with E-state index in [1.807, 2.05) is 6.07 Å². The van der Waals surface area contributed by atoms with Crippen LogP contribution in [0.15, 0.2) is 60.7 Å². The Hall–Kier alpha value is -2.26. The molecule has 0 aliphatic heterocycles. The van der Waals surface area contributed by atoms with Gasteiger partial charge in [0.05, 0.1) is 0 Å². The normalized spacial score (nSPS) is 13.0. The second-order valence-corrected chi connectivity index (χ2v) is 6.34. The minimum atomic E-state index is 0.778. The summed E-state index contributed by atoms with van der Waals surface area (Å²) in [5.74, 6) is 0.986. The summed E-state index contributed by atoms with van der Waals surface area (Å²) in [4.78, 5) is 4.79. The van der Waals surface area contributed by atoms with Crippen LogP contribution in [0.5, 0.6) is 0 Å². The lowest BCUT2D eigenvalue weighted by atomic mass is 10.1. The zero-order valence-corrected chi connectivity index (χ0v) is 13.7. The lowest BCUT2D eigenvalue weighted by Crippen LogP contribution is -2.13. The van der Waals surface area contributed by atoms with Crippen molar-refractivity contribution in [1.29, 1.82) is 0 Å². The number of aromatic nitrogens is 2. The first-order valence-corrected chi connectivity index (χ1v) is 8.46. The van der Waals surface area contributed by atoms with Gasteiger partial charge >= 0.3 is 0 Å². The van der Waals surface area contributed by atoms with Gasteiger partial charge in [-0.15, -0.1) is 0 Å². The molecule has 0 unspecified atom stereocenters. The first kappa shape index (κ1) is 14.3. The topological polar surface area (TPSA) is 17.8 Å². The highest BCUT2D eigenvalue weighted by Gasteiger charge is 2.20. The van der Waals surface area contributed by atoms with Gasteiger partial charge < -0.3 is 4.57 Å². The number of nitrogens with zero attached hydrogens (tertiary/aromatic N) is 2. The molecule has 3 aromatic rings. The molecule has 0 amide bonds. The van der Waals surface area contributed by atoms with E-state index in [1.54, 1.807) is 0 Å². The van der Waals surface area contributed by atoms with Gasteiger partial charge in [-0.2, -0.15) is 0 Å². The number of rotatable bonds is 3. The Morgan fingerprint density at radius 1 is 0.913 bits per heavy atom. The summed E-state index contributed by atoms with van der Waals surface area (Å²) in [5, 5.41) is 0. The van der Waals surface area contributed by atoms with Crippen molar-refractivity contribution >= 4 is 12.2 Å². The summed E-state index contributed by atoms with van der Waals surface area (Å²) in [5.41, 5.74) is 5.07. The van der Waals surface area contributed by atoms with Gasteiger partial charge in [-0.05, 0) is 24.8 Å². The fourth-order valence-corrected chi connectivity index (χ4v) is 3.66. The zero-order chi connectivity index (χ0) is 15.6. The highest BCUT2D eigenvalue weighted by molar-refractivity contribution is 7.71. The Balaban J connectivity index is 1.91. The molecule has 0 radical (unpaired) electrons. The predicted octanol–water partition coefficient (Wildman–Crippen LogP) is 4.82. The molecule has 3 heteroatoms. The maximum atomic E-state index is 5.57. The van der Waals surface area contributed by atoms with Crippen LogP contribution in [-0.4, -0.2) is 9.55 Å². The van der Waals surface area contributed by atoms with Gasteiger partial charge in [-0.1, -0.05) is 72.9 Å². The van der Waals surface area contributed by atoms with Gasteiger partial charge in [0.2, 0.25) is 0 Å². The third-order valence-corrected chi connectivity index (χ3v) is 4.79. The van der Waals surface area contributed by atoms with Crippen LogP contribution in [-0.2, 0) is 19.4 Å². The first-order valence-electron chi connectivity index (χ1n) is 8.05. The maximum Gasteiger partial charge on any atom is 0.142 e. The second kappa shape index (κ2) is 6.09. The average Bonchev–Trinajstić information content (AvgIpc) is 3.09. The Kier molecular flexibility index (Phi) is 3.80. The molecule has 0 atom stereocenters. The highest BCUT2D eigenvalue weighted by Crippen LogP contribution is 2.28. The molecule has 0 saturated heterocycles. The van der Waals surface area contributed by atoms with Crippen LogP contribution in [0.4, 0.5) is 0 Å². The molecule has 1 aromatic heterocycles. The van der Waals surface area contributed by atoms with Crippen LogP contribution in [0.2, 0.25) is 0 Å². The molecule has 2 aromatic carbocycles. The smallest absolute Gasteiger partial charge is 0.142 e. The molecule has 0 spiro atoms. The van der Waals surface area contributed by atoms with Crippen molar-refractivity contribution in [2.45, 2.75) is 25.8 Å². The van der Waals surface area contributed by atoms with E-state index in [2.05, 4.69) is 59.2 Å². The van der Waals surface area contributed by atoms with Crippen LogP contribution in [0.1, 0.15) is 23.2 Å². The van der Waals surface area contributed by atoms with Crippen LogP contribution in [0, 0.1) is 4.64 Å². The maximum absolute atomic E-state index is 5.57. The van der Waals surface area contributed by atoms with Crippen molar-refractivity contribution in [3.63, 3.8) is 0 Å². The molecule has 2 nitrogen and oxygen atoms in total. The molecule has 0 fully saturated rings. The van der Waals surface area contributed by atoms with Crippen LogP contribution in [0.3, 0.4) is 0 Å². The summed E-state index contributed by atoms with van der Waals surface area (Å²) in [6.45, 7) is 0.843. The third kappa shape index (κ3) is 2.73. The first-order chi connectivity index (χ1) is 11.3. The standard InChI is InChI=1S/C20H18N2S/c23-20-17-12-7-13-18(17)22(14-15-8-3-1-4-9-15)19(21-20)16-10-5-2-6-11-16/h1-6,8-11H,7,12-14H2. The fraction of sp³-hybridized carbons (Fsp3) is 0.200. The van der Waals surface area contributed by atoms with Gasteiger partial charge in [0.25, 0.3) is 0 Å². The van der Waals surface area contributed by atoms with E-state index in [9.17, 15) is 0 Å². The summed E-state index contributed by atoms with van der Waals surface area (Å²) < 4.78 is 3.14. The SMILES string of the molecule is S=c1nc(-c2ccccc2)n(Cc2ccccc2)c2c1CCC2. The highest BCUT2D eigenvalue weighted by atomic mass is 32.1. The Bertz CT molecular complexity index is 883. The number of hydrogen-bond acceptors (Lipinski definition) is 2. The Labute approximate surface area is 141 Å². The van der Waals surface area contributed by atoms with E-state index in [0.717, 1.165) is 35.4 Å². The number of fused-ring (bicyclic) bond motifs is 1. The van der Waals surface area contributed by atoms with E-state index >= 15 is 0 Å². The summed E-state index contributed by atoms with van der Waals surface area (Å²) in [7, 11) is 0. The quantitative estimate of drug-likeness (QED) is 0.645. The van der Waals surface area contributed by atoms with E-state index in [0.29, 0.717) is 0 Å². The van der Waals surface area contributed by atoms with Crippen molar-refractivity contribution in [1.82, 2.24) is 9.55 Å². The minimum Gasteiger partial charge on any atom is -0.325 e. The lowest BCUT2D eigenvalue weighted by molar-refractivity contribution is 0.723. The zero-order valence-electron chi connectivity index (χ0n) is 12.9. The fourth-order valence-electron chi connectivity index (χ4n) is 3.35. The van der Waals surface area contributed by atoms with Crippen molar-refractivity contribution < 1.29 is 0 Å². The number of benzene rings is 2. The summed E-state index contributed by atoms with van der Waals surface area (Å²) >= 11 is 5.57. The van der Waals surface area contributed by atoms with Crippen LogP contribution >= 0.6 is 12.2 Å². The van der Waals surface area contributed by atoms with Crippen molar-refractivity contribution in [3.8, 4) is 11.4 Å². The Morgan fingerprint density at radius 2 is 1.61 bits per heavy atom. The van der Waals surface area contributed by atoms with Gasteiger partial charge in [-0.3, -0.25) is 0 Å². The molecule has 114 valence electrons. The molecule has 0 saturated carbocycles. The molecular weight excluding hydrogens is 300 g/mol. The monoisotopic (exact) mass is 318 g/mol. The van der Waals surface area contributed by atoms with E-state index in [4.69, 9.17) is 17.2 Å². The second-order valence-electron chi connectivity index (χ2n) is 5.96. The minimum absolute atomic E-state index is 0.778. The van der Waals surface area contributed by atoms with Gasteiger partial charge in [0, 0.05) is 23.4 Å². The molecule has 1 aliphatic rings. The van der Waals surface area contributed by atoms with Crippen molar-refractivity contribution in [2.24, 2.45) is 0 Å². The molecule has 1 heterocycles. The van der Waals surface area contributed by atoms with Gasteiger partial charge in [0.15, 0.2) is 0 Å². The molecule has 0 bridgehead atoms. The van der Waals surface area contributed by atoms with Crippen molar-refractivity contribution in [3.05, 3.63) is 82.1 Å². The van der Waals surface area contributed by atoms with E-state index < -0.39 is 0 Å². The Morgan fingerprint density at radius 3 is 2.35 bits per heavy atom. The van der Waals surface area contributed by atoms with Gasteiger partial charge in [-0.25, -0.2) is 4.98 Å². The van der Waals surface area contributed by atoms with Crippen LogP contribution < -0.4 is 0 Å². The number of hydrogen-bond donors (Lipinski definition) is 0. The van der Waals surface area contributed by atoms with Gasteiger partial charge in [0.1, 0.15) is 10.5 Å². The van der Waals surface area contributed by atoms with Crippen LogP contribution in [0.25, 0.3) is 11.4 Å². The lowest BCUT2D eigenvalue weighted by Gasteiger charge is -2.18. The molecule has 0 N–H and O–H groups in total. The van der Waals surface area contributed by atoms with E-state index in [1.165, 1.54) is 23.2 Å². The summed E-state index contributed by atoms with van der Waals surface area (Å²) in [6.07, 6.45) is 3.33. The largest absolute Gasteiger partial charge is 0.325 e. The summed E-state index contributed by atoms with van der Waals surface area (Å²) in [6, 6.07) is 20.9. The molecule has 4 rings (SSSR count). The molecular formula is C20H18N2S. The molecule has 23 heavy (non-hydrogen) atoms. The van der Waals surface area contributed by atoms with Crippen molar-refractivity contribution in [2.75, 3.05) is 0 Å². The van der Waals surface area contributed by atoms with E-state index in [-0.39, 0.29) is 0 Å². The average molecular weight is 318 g/mol.